The van der Waals surface area contributed by atoms with Crippen LogP contribution in [0.2, 0.25) is 0 Å². The van der Waals surface area contributed by atoms with Gasteiger partial charge in [0.25, 0.3) is 0 Å². The van der Waals surface area contributed by atoms with Gasteiger partial charge in [-0.1, -0.05) is 0 Å². The molecular formula is C13H17F3N2O3. The van der Waals surface area contributed by atoms with Gasteiger partial charge in [-0.3, -0.25) is 0 Å². The average Bonchev–Trinajstić information content (AvgIpc) is 2.36. The largest absolute Gasteiger partial charge is 0.484 e. The van der Waals surface area contributed by atoms with E-state index in [0.29, 0.717) is 18.7 Å². The molecule has 118 valence electrons. The summed E-state index contributed by atoms with van der Waals surface area (Å²) in [4.78, 5) is 11.5. The molecule has 8 heteroatoms. The van der Waals surface area contributed by atoms with Crippen molar-refractivity contribution in [3.05, 3.63) is 24.3 Å². The number of hydrogen-bond donors (Lipinski definition) is 3. The van der Waals surface area contributed by atoms with Gasteiger partial charge >= 0.3 is 12.2 Å². The quantitative estimate of drug-likeness (QED) is 0.756. The molecule has 5 nitrogen and oxygen atoms in total. The summed E-state index contributed by atoms with van der Waals surface area (Å²) in [5.74, 6) is 0.0624. The second-order valence-electron chi connectivity index (χ2n) is 4.45. The molecule has 0 bridgehead atoms. The summed E-state index contributed by atoms with van der Waals surface area (Å²) in [7, 11) is 0. The Kier molecular flexibility index (Phi) is 6.29. The lowest BCUT2D eigenvalue weighted by molar-refractivity contribution is -0.153. The third kappa shape index (κ3) is 8.03. The van der Waals surface area contributed by atoms with E-state index in [0.717, 1.165) is 0 Å². The van der Waals surface area contributed by atoms with Crippen LogP contribution in [0.3, 0.4) is 0 Å². The molecule has 1 rings (SSSR count). The molecule has 21 heavy (non-hydrogen) atoms. The smallest absolute Gasteiger partial charge is 0.422 e. The Balaban J connectivity index is 2.38. The van der Waals surface area contributed by atoms with Gasteiger partial charge in [-0.15, -0.1) is 0 Å². The van der Waals surface area contributed by atoms with E-state index in [2.05, 4.69) is 15.4 Å². The molecule has 1 aromatic carbocycles. The maximum absolute atomic E-state index is 12.0. The third-order valence-corrected chi connectivity index (χ3v) is 2.36. The molecular weight excluding hydrogens is 289 g/mol. The van der Waals surface area contributed by atoms with Crippen LogP contribution in [0.25, 0.3) is 0 Å². The van der Waals surface area contributed by atoms with E-state index in [-0.39, 0.29) is 5.75 Å². The Bertz CT molecular complexity index is 447. The zero-order valence-corrected chi connectivity index (χ0v) is 11.4. The molecule has 1 unspecified atom stereocenters. The van der Waals surface area contributed by atoms with Gasteiger partial charge in [-0.25, -0.2) is 4.79 Å². The van der Waals surface area contributed by atoms with Crippen molar-refractivity contribution in [3.63, 3.8) is 0 Å². The summed E-state index contributed by atoms with van der Waals surface area (Å²) < 4.78 is 40.4. The average molecular weight is 306 g/mol. The third-order valence-electron chi connectivity index (χ3n) is 2.36. The van der Waals surface area contributed by atoms with Crippen molar-refractivity contribution in [2.75, 3.05) is 18.5 Å². The normalized spacial score (nSPS) is 12.6. The molecule has 0 spiro atoms. The van der Waals surface area contributed by atoms with Crippen LogP contribution < -0.4 is 15.4 Å². The number of amides is 2. The van der Waals surface area contributed by atoms with Crippen LogP contribution in [0, 0.1) is 0 Å². The Morgan fingerprint density at radius 3 is 2.48 bits per heavy atom. The number of carbonyl (C=O) groups excluding carboxylic acids is 1. The maximum Gasteiger partial charge on any atom is 0.422 e. The van der Waals surface area contributed by atoms with Crippen LogP contribution in [0.4, 0.5) is 23.7 Å². The van der Waals surface area contributed by atoms with Crippen LogP contribution in [-0.4, -0.2) is 36.6 Å². The molecule has 0 saturated heterocycles. The van der Waals surface area contributed by atoms with Crippen molar-refractivity contribution in [1.29, 1.82) is 0 Å². The second kappa shape index (κ2) is 7.72. The van der Waals surface area contributed by atoms with Gasteiger partial charge in [-0.2, -0.15) is 13.2 Å². The van der Waals surface area contributed by atoms with Crippen molar-refractivity contribution < 1.29 is 27.8 Å². The molecule has 0 aliphatic heterocycles. The number of nitrogens with one attached hydrogen (secondary N) is 2. The number of aliphatic hydroxyl groups is 1. The molecule has 0 fully saturated rings. The number of anilines is 1. The minimum Gasteiger partial charge on any atom is -0.484 e. The fraction of sp³-hybridized carbons (Fsp3) is 0.462. The number of ether oxygens (including phenoxy) is 1. The van der Waals surface area contributed by atoms with Crippen molar-refractivity contribution in [3.8, 4) is 5.75 Å². The van der Waals surface area contributed by atoms with E-state index in [4.69, 9.17) is 5.11 Å². The SMILES string of the molecule is CC(O)CCNC(=O)Nc1ccc(OCC(F)(F)F)cc1. The monoisotopic (exact) mass is 306 g/mol. The minimum absolute atomic E-state index is 0.0624. The van der Waals surface area contributed by atoms with Gasteiger partial charge in [0.15, 0.2) is 6.61 Å². The van der Waals surface area contributed by atoms with Crippen LogP contribution in [0.15, 0.2) is 24.3 Å². The molecule has 0 aliphatic carbocycles. The van der Waals surface area contributed by atoms with Crippen molar-refractivity contribution >= 4 is 11.7 Å². The first-order valence-corrected chi connectivity index (χ1v) is 6.29. The van der Waals surface area contributed by atoms with Crippen molar-refractivity contribution in [2.24, 2.45) is 0 Å². The molecule has 0 heterocycles. The first kappa shape index (κ1) is 17.1. The summed E-state index contributed by atoms with van der Waals surface area (Å²) >= 11 is 0. The van der Waals surface area contributed by atoms with Crippen molar-refractivity contribution in [1.82, 2.24) is 5.32 Å². The number of rotatable bonds is 6. The number of alkyl halides is 3. The van der Waals surface area contributed by atoms with Gasteiger partial charge in [0, 0.05) is 12.2 Å². The molecule has 0 aromatic heterocycles. The lowest BCUT2D eigenvalue weighted by Crippen LogP contribution is -2.30. The number of hydrogen-bond acceptors (Lipinski definition) is 3. The van der Waals surface area contributed by atoms with Crippen LogP contribution in [0.5, 0.6) is 5.75 Å². The molecule has 2 amide bonds. The van der Waals surface area contributed by atoms with Gasteiger partial charge in [0.1, 0.15) is 5.75 Å². The highest BCUT2D eigenvalue weighted by atomic mass is 19.4. The zero-order valence-electron chi connectivity index (χ0n) is 11.4. The van der Waals surface area contributed by atoms with Gasteiger partial charge in [-0.05, 0) is 37.6 Å². The second-order valence-corrected chi connectivity index (χ2v) is 4.45. The predicted molar refractivity (Wildman–Crippen MR) is 71.3 cm³/mol. The number of benzene rings is 1. The fourth-order valence-electron chi connectivity index (χ4n) is 1.37. The highest BCUT2D eigenvalue weighted by Gasteiger charge is 2.28. The number of urea groups is 1. The van der Waals surface area contributed by atoms with E-state index in [9.17, 15) is 18.0 Å². The highest BCUT2D eigenvalue weighted by molar-refractivity contribution is 5.89. The van der Waals surface area contributed by atoms with Crippen molar-refractivity contribution in [2.45, 2.75) is 25.6 Å². The Labute approximate surface area is 120 Å². The molecule has 0 aliphatic rings. The van der Waals surface area contributed by atoms with Crippen LogP contribution in [0.1, 0.15) is 13.3 Å². The predicted octanol–water partition coefficient (Wildman–Crippen LogP) is 2.52. The van der Waals surface area contributed by atoms with Gasteiger partial charge in [0.2, 0.25) is 0 Å². The summed E-state index contributed by atoms with van der Waals surface area (Å²) in [6, 6.07) is 5.06. The van der Waals surface area contributed by atoms with E-state index >= 15 is 0 Å². The van der Waals surface area contributed by atoms with E-state index in [1.54, 1.807) is 6.92 Å². The first-order chi connectivity index (χ1) is 9.76. The summed E-state index contributed by atoms with van der Waals surface area (Å²) in [5, 5.41) is 14.1. The fourth-order valence-corrected chi connectivity index (χ4v) is 1.37. The number of carbonyl (C=O) groups is 1. The lowest BCUT2D eigenvalue weighted by atomic mass is 10.3. The molecule has 3 N–H and O–H groups in total. The first-order valence-electron chi connectivity index (χ1n) is 6.29. The summed E-state index contributed by atoms with van der Waals surface area (Å²) in [6.07, 6.45) is -4.46. The molecule has 0 radical (unpaired) electrons. The maximum atomic E-state index is 12.0. The highest BCUT2D eigenvalue weighted by Crippen LogP contribution is 2.20. The summed E-state index contributed by atoms with van der Waals surface area (Å²) in [5.41, 5.74) is 0.420. The molecule has 1 atom stereocenters. The van der Waals surface area contributed by atoms with Crippen LogP contribution >= 0.6 is 0 Å². The standard InChI is InChI=1S/C13H17F3N2O3/c1-9(19)6-7-17-12(20)18-10-2-4-11(5-3-10)21-8-13(14,15)16/h2-5,9,19H,6-8H2,1H3,(H2,17,18,20). The lowest BCUT2D eigenvalue weighted by Gasteiger charge is -2.11. The van der Waals surface area contributed by atoms with E-state index in [1.165, 1.54) is 24.3 Å². The minimum atomic E-state index is -4.39. The van der Waals surface area contributed by atoms with E-state index in [1.807, 2.05) is 0 Å². The zero-order chi connectivity index (χ0) is 15.9. The number of aliphatic hydroxyl groups excluding tert-OH is 1. The van der Waals surface area contributed by atoms with E-state index < -0.39 is 24.9 Å². The Morgan fingerprint density at radius 2 is 1.95 bits per heavy atom. The Hall–Kier alpha value is -1.96. The number of halogens is 3. The molecule has 1 aromatic rings. The van der Waals surface area contributed by atoms with Crippen LogP contribution in [-0.2, 0) is 0 Å². The summed E-state index contributed by atoms with van der Waals surface area (Å²) in [6.45, 7) is 0.565. The van der Waals surface area contributed by atoms with Gasteiger partial charge in [0.05, 0.1) is 6.10 Å². The topological polar surface area (TPSA) is 70.6 Å². The molecule has 0 saturated carbocycles. The van der Waals surface area contributed by atoms with Gasteiger partial charge < -0.3 is 20.5 Å². The Morgan fingerprint density at radius 1 is 1.33 bits per heavy atom.